The number of aromatic nitrogens is 1. The molecule has 2 aromatic rings. The molecule has 2 heterocycles. The summed E-state index contributed by atoms with van der Waals surface area (Å²) >= 11 is 1.74. The maximum atomic E-state index is 12.0. The molecule has 0 radical (unpaired) electrons. The second kappa shape index (κ2) is 9.41. The van der Waals surface area contributed by atoms with Crippen LogP contribution < -0.4 is 9.62 Å². The lowest BCUT2D eigenvalue weighted by molar-refractivity contribution is 0.0156. The fraction of sp³-hybridized carbons (Fsp3) is 0.625. The molecule has 6 nitrogen and oxygen atoms in total. The lowest BCUT2D eigenvalue weighted by Crippen LogP contribution is -2.48. The highest BCUT2D eigenvalue weighted by atomic mass is 32.2. The van der Waals surface area contributed by atoms with Gasteiger partial charge in [-0.3, -0.25) is 0 Å². The number of ether oxygens (including phenoxy) is 1. The number of hydrogen-bond donors (Lipinski definition) is 1. The van der Waals surface area contributed by atoms with Crippen molar-refractivity contribution in [3.05, 3.63) is 46.3 Å². The molecule has 5 rings (SSSR count). The lowest BCUT2D eigenvalue weighted by atomic mass is 9.83. The van der Waals surface area contributed by atoms with Gasteiger partial charge in [0.05, 0.1) is 30.0 Å². The third-order valence-electron chi connectivity index (χ3n) is 7.09. The van der Waals surface area contributed by atoms with Crippen LogP contribution in [0, 0.1) is 0 Å². The van der Waals surface area contributed by atoms with Crippen molar-refractivity contribution < 1.29 is 13.2 Å². The van der Waals surface area contributed by atoms with Gasteiger partial charge < -0.3 is 9.64 Å². The first kappa shape index (κ1) is 22.3. The van der Waals surface area contributed by atoms with E-state index in [1.165, 1.54) is 29.7 Å². The van der Waals surface area contributed by atoms with Crippen LogP contribution in [0.2, 0.25) is 0 Å². The van der Waals surface area contributed by atoms with E-state index in [9.17, 15) is 8.42 Å². The van der Waals surface area contributed by atoms with Crippen LogP contribution in [0.25, 0.3) is 0 Å². The Balaban J connectivity index is 1.22. The van der Waals surface area contributed by atoms with Crippen molar-refractivity contribution in [3.8, 4) is 0 Å². The zero-order valence-corrected chi connectivity index (χ0v) is 20.3. The molecule has 1 aromatic heterocycles. The van der Waals surface area contributed by atoms with E-state index in [1.807, 2.05) is 0 Å². The first-order valence-corrected chi connectivity index (χ1v) is 14.6. The molecule has 1 N–H and O–H groups in total. The van der Waals surface area contributed by atoms with Gasteiger partial charge >= 0.3 is 0 Å². The van der Waals surface area contributed by atoms with Gasteiger partial charge in [0.1, 0.15) is 5.82 Å². The molecule has 2 atom stereocenters. The molecule has 8 heteroatoms. The van der Waals surface area contributed by atoms with Crippen molar-refractivity contribution in [1.29, 1.82) is 0 Å². The van der Waals surface area contributed by atoms with Crippen LogP contribution in [0.4, 0.5) is 5.82 Å². The molecule has 1 aliphatic heterocycles. The molecule has 0 unspecified atom stereocenters. The van der Waals surface area contributed by atoms with E-state index in [2.05, 4.69) is 45.3 Å². The third-order valence-corrected chi connectivity index (χ3v) is 8.82. The Morgan fingerprint density at radius 1 is 1.06 bits per heavy atom. The average Bonchev–Trinajstić information content (AvgIpc) is 3.39. The van der Waals surface area contributed by atoms with Crippen molar-refractivity contribution in [2.45, 2.75) is 75.0 Å². The van der Waals surface area contributed by atoms with Crippen molar-refractivity contribution in [2.24, 2.45) is 0 Å². The first-order valence-electron chi connectivity index (χ1n) is 11.8. The van der Waals surface area contributed by atoms with Crippen LogP contribution in [0.1, 0.15) is 67.4 Å². The summed E-state index contributed by atoms with van der Waals surface area (Å²) in [6, 6.07) is 10.6. The van der Waals surface area contributed by atoms with Crippen LogP contribution in [0.15, 0.2) is 35.7 Å². The molecular formula is C24H33N3O3S2. The van der Waals surface area contributed by atoms with E-state index in [4.69, 9.17) is 9.72 Å². The minimum atomic E-state index is -3.28. The van der Waals surface area contributed by atoms with Crippen molar-refractivity contribution in [1.82, 2.24) is 9.71 Å². The molecule has 1 aromatic carbocycles. The lowest BCUT2D eigenvalue weighted by Gasteiger charge is -2.33. The largest absolute Gasteiger partial charge is 0.376 e. The molecule has 0 bridgehead atoms. The summed E-state index contributed by atoms with van der Waals surface area (Å²) < 4.78 is 33.2. The van der Waals surface area contributed by atoms with Gasteiger partial charge in [0.25, 0.3) is 0 Å². The Labute approximate surface area is 195 Å². The number of nitrogens with zero attached hydrogens (tertiary/aromatic N) is 2. The predicted octanol–water partition coefficient (Wildman–Crippen LogP) is 4.26. The van der Waals surface area contributed by atoms with Gasteiger partial charge in [0.15, 0.2) is 0 Å². The highest BCUT2D eigenvalue weighted by Crippen LogP contribution is 2.43. The number of benzene rings is 1. The van der Waals surface area contributed by atoms with Crippen LogP contribution in [-0.4, -0.2) is 51.0 Å². The summed E-state index contributed by atoms with van der Waals surface area (Å²) in [7, 11) is -3.28. The quantitative estimate of drug-likeness (QED) is 0.618. The number of anilines is 1. The van der Waals surface area contributed by atoms with Gasteiger partial charge in [-0.1, -0.05) is 30.3 Å². The summed E-state index contributed by atoms with van der Waals surface area (Å²) in [5.74, 6) is 2.24. The SMILES string of the molecule is CS(=O)(=O)N[C@H]1CCN(c2csc(C3CC3)n2)[C@H]1CO[C@H]1CC[C@@H](c2ccccc2)CC1. The molecule has 0 spiro atoms. The minimum Gasteiger partial charge on any atom is -0.376 e. The Kier molecular flexibility index (Phi) is 6.56. The van der Waals surface area contributed by atoms with Gasteiger partial charge in [0.2, 0.25) is 10.0 Å². The second-order valence-corrected chi connectivity index (χ2v) is 12.3. The highest BCUT2D eigenvalue weighted by Gasteiger charge is 2.38. The summed E-state index contributed by atoms with van der Waals surface area (Å²) in [5, 5.41) is 3.35. The van der Waals surface area contributed by atoms with Crippen molar-refractivity contribution >= 4 is 27.2 Å². The first-order chi connectivity index (χ1) is 15.5. The van der Waals surface area contributed by atoms with Crippen molar-refractivity contribution in [2.75, 3.05) is 24.3 Å². The van der Waals surface area contributed by atoms with E-state index < -0.39 is 10.0 Å². The monoisotopic (exact) mass is 475 g/mol. The zero-order chi connectivity index (χ0) is 22.1. The molecule has 1 saturated heterocycles. The van der Waals surface area contributed by atoms with E-state index in [-0.39, 0.29) is 18.2 Å². The highest BCUT2D eigenvalue weighted by molar-refractivity contribution is 7.88. The Morgan fingerprint density at radius 3 is 2.47 bits per heavy atom. The van der Waals surface area contributed by atoms with Gasteiger partial charge in [-0.15, -0.1) is 11.3 Å². The van der Waals surface area contributed by atoms with E-state index in [1.54, 1.807) is 11.3 Å². The van der Waals surface area contributed by atoms with E-state index >= 15 is 0 Å². The standard InChI is InChI=1S/C24H33N3O3S2/c1-32(28,29)26-21-13-14-27(23-16-31-24(25-23)19-7-8-19)22(21)15-30-20-11-9-18(10-12-20)17-5-3-2-4-6-17/h2-6,16,18-22,26H,7-15H2,1H3/t18-,20+,21-,22-/m0/s1. The molecule has 2 saturated carbocycles. The van der Waals surface area contributed by atoms with Crippen LogP contribution in [0.5, 0.6) is 0 Å². The maximum absolute atomic E-state index is 12.0. The molecule has 3 fully saturated rings. The molecular weight excluding hydrogens is 442 g/mol. The molecule has 174 valence electrons. The number of nitrogens with one attached hydrogen (secondary N) is 1. The normalized spacial score (nSPS) is 28.8. The summed E-state index contributed by atoms with van der Waals surface area (Å²) in [5.41, 5.74) is 1.43. The molecule has 3 aliphatic rings. The predicted molar refractivity (Wildman–Crippen MR) is 129 cm³/mol. The van der Waals surface area contributed by atoms with Gasteiger partial charge in [0, 0.05) is 23.9 Å². The molecule has 0 amide bonds. The molecule has 2 aliphatic carbocycles. The maximum Gasteiger partial charge on any atom is 0.209 e. The zero-order valence-electron chi connectivity index (χ0n) is 18.7. The summed E-state index contributed by atoms with van der Waals surface area (Å²) in [6.07, 6.45) is 9.14. The van der Waals surface area contributed by atoms with Crippen molar-refractivity contribution in [3.63, 3.8) is 0 Å². The number of thiazole rings is 1. The van der Waals surface area contributed by atoms with E-state index in [0.29, 0.717) is 18.4 Å². The van der Waals surface area contributed by atoms with Crippen LogP contribution >= 0.6 is 11.3 Å². The Morgan fingerprint density at radius 2 is 1.78 bits per heavy atom. The number of rotatable bonds is 8. The third kappa shape index (κ3) is 5.35. The Bertz CT molecular complexity index is 999. The topological polar surface area (TPSA) is 71.5 Å². The fourth-order valence-electron chi connectivity index (χ4n) is 5.21. The minimum absolute atomic E-state index is 0.0225. The average molecular weight is 476 g/mol. The smallest absolute Gasteiger partial charge is 0.209 e. The number of sulfonamides is 1. The van der Waals surface area contributed by atoms with Crippen LogP contribution in [-0.2, 0) is 14.8 Å². The number of hydrogen-bond acceptors (Lipinski definition) is 6. The fourth-order valence-corrected chi connectivity index (χ4v) is 7.02. The Hall–Kier alpha value is -1.48. The van der Waals surface area contributed by atoms with E-state index in [0.717, 1.165) is 44.5 Å². The summed E-state index contributed by atoms with van der Waals surface area (Å²) in [6.45, 7) is 1.33. The second-order valence-electron chi connectivity index (χ2n) is 9.58. The summed E-state index contributed by atoms with van der Waals surface area (Å²) in [4.78, 5) is 7.15. The van der Waals surface area contributed by atoms with Gasteiger partial charge in [-0.05, 0) is 56.4 Å². The molecule has 32 heavy (non-hydrogen) atoms. The van der Waals surface area contributed by atoms with Gasteiger partial charge in [-0.25, -0.2) is 18.1 Å². The van der Waals surface area contributed by atoms with Gasteiger partial charge in [-0.2, -0.15) is 0 Å². The van der Waals surface area contributed by atoms with Crippen LogP contribution in [0.3, 0.4) is 0 Å².